The summed E-state index contributed by atoms with van der Waals surface area (Å²) in [6.07, 6.45) is 2.05. The molecule has 1 saturated heterocycles. The van der Waals surface area contributed by atoms with Crippen LogP contribution in [0.3, 0.4) is 0 Å². The highest BCUT2D eigenvalue weighted by molar-refractivity contribution is 9.10. The molecule has 0 saturated carbocycles. The van der Waals surface area contributed by atoms with Crippen LogP contribution in [-0.4, -0.2) is 32.1 Å². The molecule has 104 valence electrons. The van der Waals surface area contributed by atoms with E-state index in [4.69, 9.17) is 4.74 Å². The van der Waals surface area contributed by atoms with Crippen LogP contribution in [0, 0.1) is 5.92 Å². The molecular weight excluding hydrogens is 308 g/mol. The molecule has 1 aliphatic rings. The van der Waals surface area contributed by atoms with Crippen LogP contribution in [0.5, 0.6) is 5.75 Å². The molecule has 1 heterocycles. The number of carbonyl (C=O) groups excluding carboxylic acids is 1. The molecule has 1 fully saturated rings. The Labute approximate surface area is 122 Å². The highest BCUT2D eigenvalue weighted by Crippen LogP contribution is 2.17. The van der Waals surface area contributed by atoms with Gasteiger partial charge in [0.25, 0.3) is 0 Å². The van der Waals surface area contributed by atoms with Gasteiger partial charge in [-0.3, -0.25) is 4.79 Å². The maximum Gasteiger partial charge on any atom is 0.224 e. The Morgan fingerprint density at radius 3 is 3.16 bits per heavy atom. The van der Waals surface area contributed by atoms with Crippen LogP contribution in [0.1, 0.15) is 12.8 Å². The lowest BCUT2D eigenvalue weighted by atomic mass is 9.99. The molecule has 1 amide bonds. The molecule has 1 aliphatic heterocycles. The number of hydrogen-bond donors (Lipinski definition) is 2. The van der Waals surface area contributed by atoms with E-state index in [2.05, 4.69) is 26.6 Å². The number of piperidine rings is 1. The molecule has 1 aromatic rings. The molecule has 0 spiro atoms. The summed E-state index contributed by atoms with van der Waals surface area (Å²) in [7, 11) is 0. The zero-order valence-electron chi connectivity index (χ0n) is 10.8. The van der Waals surface area contributed by atoms with Crippen LogP contribution < -0.4 is 15.4 Å². The molecule has 0 radical (unpaired) electrons. The van der Waals surface area contributed by atoms with Crippen molar-refractivity contribution in [3.8, 4) is 5.75 Å². The summed E-state index contributed by atoms with van der Waals surface area (Å²) < 4.78 is 6.55. The third kappa shape index (κ3) is 4.84. The number of ether oxygens (including phenoxy) is 1. The largest absolute Gasteiger partial charge is 0.492 e. The third-order valence-electron chi connectivity index (χ3n) is 3.13. The van der Waals surface area contributed by atoms with Gasteiger partial charge in [-0.2, -0.15) is 0 Å². The highest BCUT2D eigenvalue weighted by Gasteiger charge is 2.20. The van der Waals surface area contributed by atoms with Crippen LogP contribution in [0.15, 0.2) is 28.7 Å². The van der Waals surface area contributed by atoms with Crippen LogP contribution >= 0.6 is 15.9 Å². The molecule has 5 heteroatoms. The standard InChI is InChI=1S/C14H19BrN2O2/c15-12-4-1-5-13(9-12)19-8-7-17-14(18)11-3-2-6-16-10-11/h1,4-5,9,11,16H,2-3,6-8,10H2,(H,17,18). The summed E-state index contributed by atoms with van der Waals surface area (Å²) >= 11 is 3.39. The Morgan fingerprint density at radius 1 is 1.53 bits per heavy atom. The summed E-state index contributed by atoms with van der Waals surface area (Å²) in [5.41, 5.74) is 0. The molecule has 0 aromatic heterocycles. The number of benzene rings is 1. The van der Waals surface area contributed by atoms with Crippen molar-refractivity contribution in [2.45, 2.75) is 12.8 Å². The van der Waals surface area contributed by atoms with Crippen molar-refractivity contribution in [3.05, 3.63) is 28.7 Å². The fourth-order valence-corrected chi connectivity index (χ4v) is 2.50. The van der Waals surface area contributed by atoms with E-state index in [1.54, 1.807) is 0 Å². The van der Waals surface area contributed by atoms with E-state index >= 15 is 0 Å². The van der Waals surface area contributed by atoms with Crippen molar-refractivity contribution in [1.82, 2.24) is 10.6 Å². The normalized spacial score (nSPS) is 18.9. The fraction of sp³-hybridized carbons (Fsp3) is 0.500. The molecule has 1 aromatic carbocycles. The van der Waals surface area contributed by atoms with Crippen molar-refractivity contribution < 1.29 is 9.53 Å². The van der Waals surface area contributed by atoms with Crippen molar-refractivity contribution in [1.29, 1.82) is 0 Å². The Morgan fingerprint density at radius 2 is 2.42 bits per heavy atom. The lowest BCUT2D eigenvalue weighted by Crippen LogP contribution is -2.41. The number of amides is 1. The third-order valence-corrected chi connectivity index (χ3v) is 3.63. The maximum absolute atomic E-state index is 11.8. The average Bonchev–Trinajstić information content (AvgIpc) is 2.44. The predicted octanol–water partition coefficient (Wildman–Crippen LogP) is 1.94. The number of nitrogens with one attached hydrogen (secondary N) is 2. The Bertz CT molecular complexity index is 420. The first-order chi connectivity index (χ1) is 9.25. The molecule has 2 rings (SSSR count). The summed E-state index contributed by atoms with van der Waals surface area (Å²) in [6.45, 7) is 2.85. The van der Waals surface area contributed by atoms with E-state index in [0.29, 0.717) is 13.2 Å². The number of halogens is 1. The minimum atomic E-state index is 0.111. The molecule has 1 unspecified atom stereocenters. The van der Waals surface area contributed by atoms with Crippen molar-refractivity contribution in [3.63, 3.8) is 0 Å². The Hall–Kier alpha value is -1.07. The summed E-state index contributed by atoms with van der Waals surface area (Å²) in [4.78, 5) is 11.8. The van der Waals surface area contributed by atoms with Gasteiger partial charge in [0.15, 0.2) is 0 Å². The van der Waals surface area contributed by atoms with Gasteiger partial charge in [0.05, 0.1) is 12.5 Å². The maximum atomic E-state index is 11.8. The van der Waals surface area contributed by atoms with Gasteiger partial charge in [0, 0.05) is 11.0 Å². The first kappa shape index (κ1) is 14.3. The van der Waals surface area contributed by atoms with Crippen molar-refractivity contribution in [2.75, 3.05) is 26.2 Å². The minimum Gasteiger partial charge on any atom is -0.492 e. The lowest BCUT2D eigenvalue weighted by molar-refractivity contribution is -0.125. The fourth-order valence-electron chi connectivity index (χ4n) is 2.12. The van der Waals surface area contributed by atoms with Crippen molar-refractivity contribution >= 4 is 21.8 Å². The van der Waals surface area contributed by atoms with Gasteiger partial charge in [-0.1, -0.05) is 22.0 Å². The predicted molar refractivity (Wildman–Crippen MR) is 78.2 cm³/mol. The molecule has 0 aliphatic carbocycles. The molecule has 19 heavy (non-hydrogen) atoms. The Balaban J connectivity index is 1.65. The van der Waals surface area contributed by atoms with Gasteiger partial charge < -0.3 is 15.4 Å². The van der Waals surface area contributed by atoms with E-state index in [9.17, 15) is 4.79 Å². The van der Waals surface area contributed by atoms with E-state index < -0.39 is 0 Å². The number of carbonyl (C=O) groups is 1. The average molecular weight is 327 g/mol. The van der Waals surface area contributed by atoms with Crippen LogP contribution in [-0.2, 0) is 4.79 Å². The second kappa shape index (κ2) is 7.50. The van der Waals surface area contributed by atoms with Crippen molar-refractivity contribution in [2.24, 2.45) is 5.92 Å². The molecular formula is C14H19BrN2O2. The van der Waals surface area contributed by atoms with Gasteiger partial charge in [0.2, 0.25) is 5.91 Å². The second-order valence-corrected chi connectivity index (χ2v) is 5.56. The smallest absolute Gasteiger partial charge is 0.224 e. The zero-order chi connectivity index (χ0) is 13.5. The zero-order valence-corrected chi connectivity index (χ0v) is 12.4. The minimum absolute atomic E-state index is 0.111. The van der Waals surface area contributed by atoms with E-state index in [0.717, 1.165) is 36.2 Å². The molecule has 4 nitrogen and oxygen atoms in total. The summed E-state index contributed by atoms with van der Waals surface area (Å²) in [5, 5.41) is 6.16. The van der Waals surface area contributed by atoms with Gasteiger partial charge in [-0.15, -0.1) is 0 Å². The van der Waals surface area contributed by atoms with Crippen LogP contribution in [0.4, 0.5) is 0 Å². The quantitative estimate of drug-likeness (QED) is 0.813. The van der Waals surface area contributed by atoms with Gasteiger partial charge in [-0.25, -0.2) is 0 Å². The summed E-state index contributed by atoms with van der Waals surface area (Å²) in [5.74, 6) is 1.05. The number of hydrogen-bond acceptors (Lipinski definition) is 3. The Kier molecular flexibility index (Phi) is 5.66. The topological polar surface area (TPSA) is 50.4 Å². The molecule has 2 N–H and O–H groups in total. The molecule has 1 atom stereocenters. The van der Waals surface area contributed by atoms with Gasteiger partial charge >= 0.3 is 0 Å². The molecule has 0 bridgehead atoms. The van der Waals surface area contributed by atoms with E-state index in [-0.39, 0.29) is 11.8 Å². The second-order valence-electron chi connectivity index (χ2n) is 4.64. The van der Waals surface area contributed by atoms with E-state index in [1.807, 2.05) is 24.3 Å². The first-order valence-electron chi connectivity index (χ1n) is 6.62. The van der Waals surface area contributed by atoms with Gasteiger partial charge in [0.1, 0.15) is 12.4 Å². The van der Waals surface area contributed by atoms with Crippen LogP contribution in [0.25, 0.3) is 0 Å². The van der Waals surface area contributed by atoms with Crippen LogP contribution in [0.2, 0.25) is 0 Å². The van der Waals surface area contributed by atoms with E-state index in [1.165, 1.54) is 0 Å². The van der Waals surface area contributed by atoms with Gasteiger partial charge in [-0.05, 0) is 37.6 Å². The highest BCUT2D eigenvalue weighted by atomic mass is 79.9. The SMILES string of the molecule is O=C(NCCOc1cccc(Br)c1)C1CCCNC1. The first-order valence-corrected chi connectivity index (χ1v) is 7.42. The monoisotopic (exact) mass is 326 g/mol. The number of rotatable bonds is 5. The summed E-state index contributed by atoms with van der Waals surface area (Å²) in [6, 6.07) is 7.68. The lowest BCUT2D eigenvalue weighted by Gasteiger charge is -2.21.